The second kappa shape index (κ2) is 8.93. The number of carbonyl (C=O) groups is 1. The molecule has 1 fully saturated rings. The molecule has 1 aliphatic rings. The largest absolute Gasteiger partial charge is 0.460 e. The van der Waals surface area contributed by atoms with Crippen molar-refractivity contribution in [3.63, 3.8) is 0 Å². The van der Waals surface area contributed by atoms with Crippen LogP contribution < -0.4 is 0 Å². The number of amides is 1. The van der Waals surface area contributed by atoms with Crippen molar-refractivity contribution in [3.8, 4) is 17.2 Å². The van der Waals surface area contributed by atoms with Crippen LogP contribution in [0.5, 0.6) is 0 Å². The lowest BCUT2D eigenvalue weighted by Crippen LogP contribution is -2.48. The van der Waals surface area contributed by atoms with Crippen LogP contribution >= 0.6 is 0 Å². The molecule has 0 bridgehead atoms. The van der Waals surface area contributed by atoms with Gasteiger partial charge in [-0.15, -0.1) is 0 Å². The first kappa shape index (κ1) is 21.0. The van der Waals surface area contributed by atoms with Crippen LogP contribution in [-0.4, -0.2) is 41.9 Å². The lowest BCUT2D eigenvalue weighted by atomic mass is 10.0. The van der Waals surface area contributed by atoms with Crippen LogP contribution in [0.15, 0.2) is 77.2 Å². The zero-order chi connectivity index (χ0) is 22.8. The molecule has 5 heteroatoms. The Labute approximate surface area is 193 Å². The smallest absolute Gasteiger partial charge is 0.253 e. The highest BCUT2D eigenvalue weighted by molar-refractivity contribution is 5.94. The number of nitriles is 1. The summed E-state index contributed by atoms with van der Waals surface area (Å²) in [6.45, 7) is 5.71. The zero-order valence-corrected chi connectivity index (χ0v) is 18.6. The van der Waals surface area contributed by atoms with Crippen LogP contribution in [0.25, 0.3) is 22.1 Å². The standard InChI is InChI=1S/C28H25N3O2/c1-20-5-7-22(8-6-20)23-9-10-27-25(16-23)17-26(33-27)19-30-11-13-31(14-12-30)28(32)24-4-2-3-21(15-24)18-29/h2-10,15-17H,11-14,19H2,1H3. The van der Waals surface area contributed by atoms with Crippen LogP contribution in [0.3, 0.4) is 0 Å². The van der Waals surface area contributed by atoms with Crippen LogP contribution in [0.4, 0.5) is 0 Å². The topological polar surface area (TPSA) is 60.5 Å². The van der Waals surface area contributed by atoms with Gasteiger partial charge < -0.3 is 9.32 Å². The second-order valence-electron chi connectivity index (χ2n) is 8.59. The van der Waals surface area contributed by atoms with Crippen molar-refractivity contribution in [1.29, 1.82) is 5.26 Å². The number of aryl methyl sites for hydroxylation is 1. The van der Waals surface area contributed by atoms with E-state index >= 15 is 0 Å². The number of hydrogen-bond acceptors (Lipinski definition) is 4. The Morgan fingerprint density at radius 2 is 1.70 bits per heavy atom. The number of nitrogens with zero attached hydrogens (tertiary/aromatic N) is 3. The van der Waals surface area contributed by atoms with Crippen LogP contribution in [0, 0.1) is 18.3 Å². The molecule has 0 saturated carbocycles. The highest BCUT2D eigenvalue weighted by atomic mass is 16.3. The number of hydrogen-bond donors (Lipinski definition) is 0. The minimum atomic E-state index is -0.0147. The third-order valence-corrected chi connectivity index (χ3v) is 6.23. The van der Waals surface area contributed by atoms with Gasteiger partial charge in [-0.05, 0) is 54.4 Å². The molecule has 1 amide bonds. The SMILES string of the molecule is Cc1ccc(-c2ccc3oc(CN4CCN(C(=O)c5cccc(C#N)c5)CC4)cc3c2)cc1. The highest BCUT2D eigenvalue weighted by Gasteiger charge is 2.23. The van der Waals surface area contributed by atoms with Crippen LogP contribution in [0.2, 0.25) is 0 Å². The van der Waals surface area contributed by atoms with Gasteiger partial charge in [-0.1, -0.05) is 42.0 Å². The number of rotatable bonds is 4. The zero-order valence-electron chi connectivity index (χ0n) is 18.6. The predicted octanol–water partition coefficient (Wildman–Crippen LogP) is 5.24. The number of fused-ring (bicyclic) bond motifs is 1. The van der Waals surface area contributed by atoms with Gasteiger partial charge in [-0.3, -0.25) is 9.69 Å². The Hall–Kier alpha value is -3.88. The van der Waals surface area contributed by atoms with Crippen molar-refractivity contribution >= 4 is 16.9 Å². The fourth-order valence-corrected chi connectivity index (χ4v) is 4.34. The summed E-state index contributed by atoms with van der Waals surface area (Å²) in [5.41, 5.74) is 5.61. The third kappa shape index (κ3) is 4.52. The number of furan rings is 1. The summed E-state index contributed by atoms with van der Waals surface area (Å²) in [4.78, 5) is 17.0. The van der Waals surface area contributed by atoms with Crippen molar-refractivity contribution in [1.82, 2.24) is 9.80 Å². The van der Waals surface area contributed by atoms with E-state index in [-0.39, 0.29) is 5.91 Å². The van der Waals surface area contributed by atoms with E-state index < -0.39 is 0 Å². The maximum absolute atomic E-state index is 12.8. The predicted molar refractivity (Wildman–Crippen MR) is 129 cm³/mol. The first-order valence-electron chi connectivity index (χ1n) is 11.2. The molecule has 4 aromatic rings. The molecule has 5 nitrogen and oxygen atoms in total. The fraction of sp³-hybridized carbons (Fsp3) is 0.214. The lowest BCUT2D eigenvalue weighted by Gasteiger charge is -2.34. The summed E-state index contributed by atoms with van der Waals surface area (Å²) in [7, 11) is 0. The van der Waals surface area contributed by atoms with Crippen molar-refractivity contribution < 1.29 is 9.21 Å². The molecule has 33 heavy (non-hydrogen) atoms. The molecular weight excluding hydrogens is 410 g/mol. The summed E-state index contributed by atoms with van der Waals surface area (Å²) in [6.07, 6.45) is 0. The van der Waals surface area contributed by atoms with Gasteiger partial charge in [0, 0.05) is 37.1 Å². The molecule has 3 aromatic carbocycles. The van der Waals surface area contributed by atoms with E-state index in [9.17, 15) is 4.79 Å². The highest BCUT2D eigenvalue weighted by Crippen LogP contribution is 2.27. The quantitative estimate of drug-likeness (QED) is 0.440. The molecule has 1 saturated heterocycles. The minimum Gasteiger partial charge on any atom is -0.460 e. The van der Waals surface area contributed by atoms with Gasteiger partial charge >= 0.3 is 0 Å². The molecule has 0 atom stereocenters. The summed E-state index contributed by atoms with van der Waals surface area (Å²) in [6, 6.07) is 26.0. The molecule has 0 spiro atoms. The molecular formula is C28H25N3O2. The third-order valence-electron chi connectivity index (χ3n) is 6.23. The van der Waals surface area contributed by atoms with Gasteiger partial charge in [0.15, 0.2) is 0 Å². The van der Waals surface area contributed by atoms with Gasteiger partial charge in [0.2, 0.25) is 0 Å². The summed E-state index contributed by atoms with van der Waals surface area (Å²) in [5.74, 6) is 0.923. The first-order valence-corrected chi connectivity index (χ1v) is 11.2. The summed E-state index contributed by atoms with van der Waals surface area (Å²) < 4.78 is 6.10. The Morgan fingerprint density at radius 1 is 0.939 bits per heavy atom. The molecule has 0 unspecified atom stereocenters. The Bertz CT molecular complexity index is 1340. The lowest BCUT2D eigenvalue weighted by molar-refractivity contribution is 0.0621. The van der Waals surface area contributed by atoms with Crippen molar-refractivity contribution in [2.75, 3.05) is 26.2 Å². The molecule has 0 N–H and O–H groups in total. The Kier molecular flexibility index (Phi) is 5.68. The van der Waals surface area contributed by atoms with Gasteiger partial charge in [0.1, 0.15) is 11.3 Å². The molecule has 5 rings (SSSR count). The average molecular weight is 436 g/mol. The maximum Gasteiger partial charge on any atom is 0.253 e. The van der Waals surface area contributed by atoms with Crippen molar-refractivity contribution in [2.24, 2.45) is 0 Å². The van der Waals surface area contributed by atoms with Crippen LogP contribution in [-0.2, 0) is 6.54 Å². The average Bonchev–Trinajstić information content (AvgIpc) is 3.26. The van der Waals surface area contributed by atoms with E-state index in [0.29, 0.717) is 24.2 Å². The van der Waals surface area contributed by atoms with Gasteiger partial charge in [-0.2, -0.15) is 5.26 Å². The number of carbonyl (C=O) groups excluding carboxylic acids is 1. The molecule has 2 heterocycles. The second-order valence-corrected chi connectivity index (χ2v) is 8.59. The maximum atomic E-state index is 12.8. The minimum absolute atomic E-state index is 0.0147. The van der Waals surface area contributed by atoms with Gasteiger partial charge in [0.25, 0.3) is 5.91 Å². The van der Waals surface area contributed by atoms with E-state index in [1.165, 1.54) is 16.7 Å². The first-order chi connectivity index (χ1) is 16.1. The Balaban J connectivity index is 1.23. The monoisotopic (exact) mass is 435 g/mol. The molecule has 0 radical (unpaired) electrons. The molecule has 1 aromatic heterocycles. The van der Waals surface area contributed by atoms with E-state index in [2.05, 4.69) is 60.4 Å². The van der Waals surface area contributed by atoms with Crippen LogP contribution in [0.1, 0.15) is 27.2 Å². The van der Waals surface area contributed by atoms with E-state index in [1.807, 2.05) is 11.0 Å². The summed E-state index contributed by atoms with van der Waals surface area (Å²) >= 11 is 0. The number of benzene rings is 3. The van der Waals surface area contributed by atoms with Crippen molar-refractivity contribution in [2.45, 2.75) is 13.5 Å². The van der Waals surface area contributed by atoms with E-state index in [4.69, 9.17) is 9.68 Å². The molecule has 164 valence electrons. The van der Waals surface area contributed by atoms with Gasteiger partial charge in [-0.25, -0.2) is 0 Å². The van der Waals surface area contributed by atoms with Gasteiger partial charge in [0.05, 0.1) is 18.2 Å². The van der Waals surface area contributed by atoms with Crippen molar-refractivity contribution in [3.05, 3.63) is 95.2 Å². The fourth-order valence-electron chi connectivity index (χ4n) is 4.34. The normalized spacial score (nSPS) is 14.4. The molecule has 0 aliphatic carbocycles. The van der Waals surface area contributed by atoms with E-state index in [1.54, 1.807) is 24.3 Å². The van der Waals surface area contributed by atoms with E-state index in [0.717, 1.165) is 36.4 Å². The summed E-state index contributed by atoms with van der Waals surface area (Å²) in [5, 5.41) is 10.2. The Morgan fingerprint density at radius 3 is 2.45 bits per heavy atom. The molecule has 1 aliphatic heterocycles. The number of piperazine rings is 1.